The Morgan fingerprint density at radius 1 is 1.12 bits per heavy atom. The van der Waals surface area contributed by atoms with Crippen molar-refractivity contribution in [2.75, 3.05) is 5.32 Å². The van der Waals surface area contributed by atoms with Crippen molar-refractivity contribution < 1.29 is 14.5 Å². The van der Waals surface area contributed by atoms with Gasteiger partial charge in [-0.15, -0.1) is 0 Å². The predicted octanol–water partition coefficient (Wildman–Crippen LogP) is 2.34. The van der Waals surface area contributed by atoms with E-state index in [4.69, 9.17) is 11.6 Å². The predicted molar refractivity (Wildman–Crippen MR) is 88.9 cm³/mol. The minimum absolute atomic E-state index is 0.0583. The number of hydrazone groups is 1. The Kier molecular flexibility index (Phi) is 5.58. The van der Waals surface area contributed by atoms with Crippen LogP contribution in [0.2, 0.25) is 5.02 Å². The second-order valence-electron chi connectivity index (χ2n) is 4.51. The summed E-state index contributed by atoms with van der Waals surface area (Å²) in [4.78, 5) is 33.3. The molecule has 2 amide bonds. The lowest BCUT2D eigenvalue weighted by atomic mass is 10.2. The summed E-state index contributed by atoms with van der Waals surface area (Å²) in [6.45, 7) is 0. The molecule has 9 heteroatoms. The number of benzene rings is 2. The number of carbonyl (C=O) groups is 2. The number of nitro groups is 1. The van der Waals surface area contributed by atoms with E-state index in [1.54, 1.807) is 18.2 Å². The van der Waals surface area contributed by atoms with Gasteiger partial charge in [0.05, 0.1) is 11.1 Å². The average molecular weight is 347 g/mol. The molecule has 0 spiro atoms. The summed E-state index contributed by atoms with van der Waals surface area (Å²) in [7, 11) is 0. The van der Waals surface area contributed by atoms with E-state index in [1.807, 2.05) is 0 Å². The van der Waals surface area contributed by atoms with E-state index < -0.39 is 16.7 Å². The Bertz CT molecular complexity index is 805. The maximum absolute atomic E-state index is 11.7. The zero-order valence-electron chi connectivity index (χ0n) is 12.1. The smallest absolute Gasteiger partial charge is 0.318 e. The summed E-state index contributed by atoms with van der Waals surface area (Å²) in [5.41, 5.74) is 2.90. The third kappa shape index (κ3) is 4.89. The van der Waals surface area contributed by atoms with Crippen LogP contribution < -0.4 is 10.7 Å². The Morgan fingerprint density at radius 2 is 1.83 bits per heavy atom. The summed E-state index contributed by atoms with van der Waals surface area (Å²) < 4.78 is 0. The maximum atomic E-state index is 11.7. The van der Waals surface area contributed by atoms with Gasteiger partial charge in [0.15, 0.2) is 0 Å². The number of rotatable bonds is 4. The molecule has 2 rings (SSSR count). The quantitative estimate of drug-likeness (QED) is 0.382. The second-order valence-corrected chi connectivity index (χ2v) is 4.95. The van der Waals surface area contributed by atoms with Gasteiger partial charge in [-0.25, -0.2) is 5.43 Å². The Morgan fingerprint density at radius 3 is 2.46 bits per heavy atom. The van der Waals surface area contributed by atoms with Crippen LogP contribution in [0.5, 0.6) is 0 Å². The summed E-state index contributed by atoms with van der Waals surface area (Å²) in [5.74, 6) is -1.87. The molecule has 0 aliphatic rings. The molecule has 0 radical (unpaired) electrons. The van der Waals surface area contributed by atoms with E-state index in [1.165, 1.54) is 36.5 Å². The van der Waals surface area contributed by atoms with E-state index in [0.29, 0.717) is 16.3 Å². The lowest BCUT2D eigenvalue weighted by Gasteiger charge is -2.03. The van der Waals surface area contributed by atoms with Crippen molar-refractivity contribution in [1.29, 1.82) is 0 Å². The van der Waals surface area contributed by atoms with Gasteiger partial charge in [-0.3, -0.25) is 19.7 Å². The number of nitrogens with one attached hydrogen (secondary N) is 2. The molecule has 0 aliphatic heterocycles. The molecular formula is C15H11ClN4O4. The van der Waals surface area contributed by atoms with Crippen LogP contribution in [0.15, 0.2) is 53.6 Å². The highest BCUT2D eigenvalue weighted by atomic mass is 35.5. The summed E-state index contributed by atoms with van der Waals surface area (Å²) >= 11 is 5.77. The van der Waals surface area contributed by atoms with E-state index in [0.717, 1.165) is 0 Å². The molecule has 0 fully saturated rings. The van der Waals surface area contributed by atoms with Crippen LogP contribution in [0.4, 0.5) is 11.4 Å². The Labute approximate surface area is 141 Å². The number of hydrogen-bond acceptors (Lipinski definition) is 5. The van der Waals surface area contributed by atoms with Crippen LogP contribution in [-0.4, -0.2) is 23.0 Å². The van der Waals surface area contributed by atoms with Gasteiger partial charge in [-0.05, 0) is 35.9 Å². The van der Waals surface area contributed by atoms with Crippen LogP contribution in [0.25, 0.3) is 0 Å². The number of halogens is 1. The van der Waals surface area contributed by atoms with E-state index >= 15 is 0 Å². The number of non-ortho nitro benzene ring substituents is 1. The first kappa shape index (κ1) is 17.1. The van der Waals surface area contributed by atoms with Crippen molar-refractivity contribution in [3.05, 3.63) is 69.2 Å². The highest BCUT2D eigenvalue weighted by molar-refractivity contribution is 6.39. The van der Waals surface area contributed by atoms with Gasteiger partial charge in [0.2, 0.25) is 0 Å². The van der Waals surface area contributed by atoms with Crippen molar-refractivity contribution in [2.45, 2.75) is 0 Å². The lowest BCUT2D eigenvalue weighted by molar-refractivity contribution is -0.384. The van der Waals surface area contributed by atoms with E-state index in [9.17, 15) is 19.7 Å². The number of nitrogens with zero attached hydrogens (tertiary/aromatic N) is 2. The molecule has 0 heterocycles. The van der Waals surface area contributed by atoms with Gasteiger partial charge in [0.1, 0.15) is 0 Å². The van der Waals surface area contributed by atoms with Crippen molar-refractivity contribution in [3.8, 4) is 0 Å². The van der Waals surface area contributed by atoms with Crippen LogP contribution in [0.1, 0.15) is 5.56 Å². The van der Waals surface area contributed by atoms with Gasteiger partial charge in [0, 0.05) is 22.8 Å². The minimum atomic E-state index is -0.965. The van der Waals surface area contributed by atoms with Gasteiger partial charge in [0.25, 0.3) is 5.69 Å². The number of nitro benzene ring substituents is 1. The first-order valence-corrected chi connectivity index (χ1v) is 6.98. The van der Waals surface area contributed by atoms with Crippen LogP contribution >= 0.6 is 11.6 Å². The molecule has 2 N–H and O–H groups in total. The lowest BCUT2D eigenvalue weighted by Crippen LogP contribution is -2.32. The number of amides is 2. The molecule has 0 aromatic heterocycles. The van der Waals surface area contributed by atoms with Crippen LogP contribution in [0.3, 0.4) is 0 Å². The first-order chi connectivity index (χ1) is 11.5. The number of carbonyl (C=O) groups excluding carboxylic acids is 2. The monoisotopic (exact) mass is 346 g/mol. The zero-order valence-corrected chi connectivity index (χ0v) is 12.9. The summed E-state index contributed by atoms with van der Waals surface area (Å²) in [6.07, 6.45) is 1.26. The molecule has 0 saturated heterocycles. The highest BCUT2D eigenvalue weighted by Crippen LogP contribution is 2.14. The average Bonchev–Trinajstić information content (AvgIpc) is 2.55. The molecule has 0 unspecified atom stereocenters. The normalized spacial score (nSPS) is 10.4. The fraction of sp³-hybridized carbons (Fsp3) is 0. The third-order valence-electron chi connectivity index (χ3n) is 2.77. The molecule has 0 atom stereocenters. The molecular weight excluding hydrogens is 336 g/mol. The molecule has 0 bridgehead atoms. The van der Waals surface area contributed by atoms with Crippen LogP contribution in [-0.2, 0) is 9.59 Å². The van der Waals surface area contributed by atoms with E-state index in [-0.39, 0.29) is 5.69 Å². The summed E-state index contributed by atoms with van der Waals surface area (Å²) in [6, 6.07) is 11.8. The SMILES string of the molecule is O=C(N/N=C\c1ccc([N+](=O)[O-])cc1)C(=O)Nc1cccc(Cl)c1. The molecule has 24 heavy (non-hydrogen) atoms. The van der Waals surface area contributed by atoms with Crippen molar-refractivity contribution in [3.63, 3.8) is 0 Å². The Balaban J connectivity index is 1.89. The second kappa shape index (κ2) is 7.84. The highest BCUT2D eigenvalue weighted by Gasteiger charge is 2.12. The van der Waals surface area contributed by atoms with Crippen molar-refractivity contribution in [2.24, 2.45) is 5.10 Å². The zero-order chi connectivity index (χ0) is 17.5. The number of hydrogen-bond donors (Lipinski definition) is 2. The maximum Gasteiger partial charge on any atom is 0.329 e. The molecule has 2 aromatic carbocycles. The van der Waals surface area contributed by atoms with Crippen molar-refractivity contribution >= 4 is 41.0 Å². The minimum Gasteiger partial charge on any atom is -0.318 e. The largest absolute Gasteiger partial charge is 0.329 e. The third-order valence-corrected chi connectivity index (χ3v) is 3.01. The Hall–Kier alpha value is -3.26. The topological polar surface area (TPSA) is 114 Å². The standard InChI is InChI=1S/C15H11ClN4O4/c16-11-2-1-3-12(8-11)18-14(21)15(22)19-17-9-10-4-6-13(7-5-10)20(23)24/h1-9H,(H,18,21)(H,19,22)/b17-9-. The van der Waals surface area contributed by atoms with E-state index in [2.05, 4.69) is 15.8 Å². The van der Waals surface area contributed by atoms with Gasteiger partial charge in [-0.2, -0.15) is 5.10 Å². The molecule has 0 aliphatic carbocycles. The molecule has 0 saturated carbocycles. The van der Waals surface area contributed by atoms with Gasteiger partial charge >= 0.3 is 11.8 Å². The number of anilines is 1. The van der Waals surface area contributed by atoms with Gasteiger partial charge < -0.3 is 5.32 Å². The molecule has 122 valence electrons. The fourth-order valence-corrected chi connectivity index (χ4v) is 1.84. The first-order valence-electron chi connectivity index (χ1n) is 6.60. The van der Waals surface area contributed by atoms with Crippen molar-refractivity contribution in [1.82, 2.24) is 5.43 Å². The molecule has 2 aromatic rings. The fourth-order valence-electron chi connectivity index (χ4n) is 1.65. The summed E-state index contributed by atoms with van der Waals surface area (Å²) in [5, 5.41) is 16.9. The van der Waals surface area contributed by atoms with Gasteiger partial charge in [-0.1, -0.05) is 17.7 Å². The van der Waals surface area contributed by atoms with Crippen LogP contribution in [0, 0.1) is 10.1 Å². The molecule has 8 nitrogen and oxygen atoms in total.